The van der Waals surface area contributed by atoms with E-state index in [1.165, 1.54) is 12.1 Å². The fourth-order valence-corrected chi connectivity index (χ4v) is 1.46. The summed E-state index contributed by atoms with van der Waals surface area (Å²) in [6, 6.07) is 4.27. The molecule has 0 fully saturated rings. The summed E-state index contributed by atoms with van der Waals surface area (Å²) >= 11 is 0. The fourth-order valence-electron chi connectivity index (χ4n) is 1.46. The molecule has 1 atom stereocenters. The van der Waals surface area contributed by atoms with Crippen molar-refractivity contribution in [2.75, 3.05) is 0 Å². The van der Waals surface area contributed by atoms with Crippen molar-refractivity contribution in [1.82, 2.24) is 5.32 Å². The van der Waals surface area contributed by atoms with Gasteiger partial charge >= 0.3 is 6.18 Å². The number of carbonyl (C=O) groups excluding carboxylic acids is 1. The summed E-state index contributed by atoms with van der Waals surface area (Å²) in [4.78, 5) is 11.7. The van der Waals surface area contributed by atoms with Crippen LogP contribution in [-0.2, 0) is 6.18 Å². The van der Waals surface area contributed by atoms with E-state index in [2.05, 4.69) is 11.2 Å². The quantitative estimate of drug-likeness (QED) is 0.827. The maximum absolute atomic E-state index is 12.7. The van der Waals surface area contributed by atoms with Gasteiger partial charge in [-0.3, -0.25) is 4.79 Å². The predicted octanol–water partition coefficient (Wildman–Crippen LogP) is 2.85. The zero-order valence-electron chi connectivity index (χ0n) is 9.71. The molecule has 0 heterocycles. The van der Waals surface area contributed by atoms with Crippen molar-refractivity contribution in [2.24, 2.45) is 0 Å². The normalized spacial score (nSPS) is 12.6. The standard InChI is InChI=1S/C13H12F3NO/c1-3-6-9(2)17-12(18)10-7-4-5-8-11(10)13(14,15)16/h1,4-5,7-9H,6H2,2H3,(H,17,18). The van der Waals surface area contributed by atoms with Gasteiger partial charge in [0.1, 0.15) is 0 Å². The molecule has 0 aliphatic heterocycles. The number of halogens is 3. The molecule has 1 amide bonds. The molecule has 0 aliphatic rings. The Kier molecular flexibility index (Phi) is 4.38. The highest BCUT2D eigenvalue weighted by Crippen LogP contribution is 2.31. The monoisotopic (exact) mass is 255 g/mol. The van der Waals surface area contributed by atoms with Crippen molar-refractivity contribution in [3.63, 3.8) is 0 Å². The first-order valence-corrected chi connectivity index (χ1v) is 5.26. The first-order chi connectivity index (χ1) is 8.36. The van der Waals surface area contributed by atoms with Crippen molar-refractivity contribution in [1.29, 1.82) is 0 Å². The number of hydrogen-bond acceptors (Lipinski definition) is 1. The maximum Gasteiger partial charge on any atom is 0.417 e. The van der Waals surface area contributed by atoms with Crippen molar-refractivity contribution in [3.8, 4) is 12.3 Å². The number of benzene rings is 1. The van der Waals surface area contributed by atoms with Crippen LogP contribution in [0, 0.1) is 12.3 Å². The highest BCUT2D eigenvalue weighted by molar-refractivity contribution is 5.96. The van der Waals surface area contributed by atoms with Crippen molar-refractivity contribution < 1.29 is 18.0 Å². The van der Waals surface area contributed by atoms with Crippen LogP contribution in [0.2, 0.25) is 0 Å². The average molecular weight is 255 g/mol. The lowest BCUT2D eigenvalue weighted by molar-refractivity contribution is -0.137. The Morgan fingerprint density at radius 1 is 1.44 bits per heavy atom. The zero-order valence-corrected chi connectivity index (χ0v) is 9.71. The van der Waals surface area contributed by atoms with Gasteiger partial charge in [-0.1, -0.05) is 12.1 Å². The van der Waals surface area contributed by atoms with Gasteiger partial charge in [-0.15, -0.1) is 12.3 Å². The Morgan fingerprint density at radius 3 is 2.61 bits per heavy atom. The molecule has 0 bridgehead atoms. The molecule has 0 saturated heterocycles. The van der Waals surface area contributed by atoms with E-state index in [1.807, 2.05) is 0 Å². The Bertz CT molecular complexity index is 474. The predicted molar refractivity (Wildman–Crippen MR) is 61.8 cm³/mol. The summed E-state index contributed by atoms with van der Waals surface area (Å²) < 4.78 is 38.0. The molecule has 1 N–H and O–H groups in total. The van der Waals surface area contributed by atoms with Gasteiger partial charge in [0.25, 0.3) is 5.91 Å². The van der Waals surface area contributed by atoms with Gasteiger partial charge in [0, 0.05) is 12.5 Å². The lowest BCUT2D eigenvalue weighted by atomic mass is 10.1. The number of hydrogen-bond donors (Lipinski definition) is 1. The summed E-state index contributed by atoms with van der Waals surface area (Å²) in [6.07, 6.45) is 0.773. The van der Waals surface area contributed by atoms with Crippen LogP contribution in [0.5, 0.6) is 0 Å². The van der Waals surface area contributed by atoms with E-state index in [1.54, 1.807) is 6.92 Å². The van der Waals surface area contributed by atoms with Gasteiger partial charge in [0.2, 0.25) is 0 Å². The van der Waals surface area contributed by atoms with E-state index in [9.17, 15) is 18.0 Å². The molecule has 1 aromatic carbocycles. The van der Waals surface area contributed by atoms with Gasteiger partial charge in [-0.05, 0) is 19.1 Å². The second-order valence-electron chi connectivity index (χ2n) is 3.83. The average Bonchev–Trinajstić information content (AvgIpc) is 2.28. The molecule has 0 saturated carbocycles. The van der Waals surface area contributed by atoms with Crippen molar-refractivity contribution in [3.05, 3.63) is 35.4 Å². The molecule has 1 rings (SSSR count). The molecule has 18 heavy (non-hydrogen) atoms. The molecule has 0 aromatic heterocycles. The Morgan fingerprint density at radius 2 is 2.06 bits per heavy atom. The van der Waals surface area contributed by atoms with Gasteiger partial charge in [-0.2, -0.15) is 13.2 Å². The van der Waals surface area contributed by atoms with Gasteiger partial charge in [-0.25, -0.2) is 0 Å². The van der Waals surface area contributed by atoms with Crippen LogP contribution < -0.4 is 5.32 Å². The van der Waals surface area contributed by atoms with Gasteiger partial charge in [0.15, 0.2) is 0 Å². The topological polar surface area (TPSA) is 29.1 Å². The minimum atomic E-state index is -4.55. The third-order valence-electron chi connectivity index (χ3n) is 2.28. The number of carbonyl (C=O) groups is 1. The highest BCUT2D eigenvalue weighted by Gasteiger charge is 2.34. The van der Waals surface area contributed by atoms with Crippen LogP contribution in [0.4, 0.5) is 13.2 Å². The van der Waals surface area contributed by atoms with E-state index in [-0.39, 0.29) is 12.5 Å². The lowest BCUT2D eigenvalue weighted by Gasteiger charge is -2.15. The molecule has 1 aromatic rings. The molecule has 0 spiro atoms. The van der Waals surface area contributed by atoms with E-state index in [4.69, 9.17) is 6.42 Å². The number of amides is 1. The highest BCUT2D eigenvalue weighted by atomic mass is 19.4. The molecule has 96 valence electrons. The SMILES string of the molecule is C#CCC(C)NC(=O)c1ccccc1C(F)(F)F. The second kappa shape index (κ2) is 5.58. The van der Waals surface area contributed by atoms with Crippen LogP contribution in [0.3, 0.4) is 0 Å². The number of nitrogens with one attached hydrogen (secondary N) is 1. The number of rotatable bonds is 3. The summed E-state index contributed by atoms with van der Waals surface area (Å²) in [5.74, 6) is 1.56. The van der Waals surface area contributed by atoms with Crippen LogP contribution in [0.15, 0.2) is 24.3 Å². The molecular weight excluding hydrogens is 243 g/mol. The zero-order chi connectivity index (χ0) is 13.8. The smallest absolute Gasteiger partial charge is 0.349 e. The maximum atomic E-state index is 12.7. The van der Waals surface area contributed by atoms with E-state index >= 15 is 0 Å². The lowest BCUT2D eigenvalue weighted by Crippen LogP contribution is -2.33. The van der Waals surface area contributed by atoms with Crippen molar-refractivity contribution >= 4 is 5.91 Å². The van der Waals surface area contributed by atoms with Crippen LogP contribution in [0.1, 0.15) is 29.3 Å². The Hall–Kier alpha value is -1.96. The minimum Gasteiger partial charge on any atom is -0.349 e. The molecule has 5 heteroatoms. The van der Waals surface area contributed by atoms with Gasteiger partial charge < -0.3 is 5.32 Å². The molecule has 0 aliphatic carbocycles. The molecule has 2 nitrogen and oxygen atoms in total. The van der Waals surface area contributed by atoms with Crippen molar-refractivity contribution in [2.45, 2.75) is 25.6 Å². The molecule has 1 unspecified atom stereocenters. The fraction of sp³-hybridized carbons (Fsp3) is 0.308. The van der Waals surface area contributed by atoms with E-state index < -0.39 is 23.2 Å². The summed E-state index contributed by atoms with van der Waals surface area (Å²) in [5.41, 5.74) is -1.34. The van der Waals surface area contributed by atoms with Crippen LogP contribution in [-0.4, -0.2) is 11.9 Å². The third-order valence-corrected chi connectivity index (χ3v) is 2.28. The van der Waals surface area contributed by atoms with Crippen LogP contribution >= 0.6 is 0 Å². The summed E-state index contributed by atoms with van der Waals surface area (Å²) in [6.45, 7) is 1.63. The minimum absolute atomic E-state index is 0.264. The summed E-state index contributed by atoms with van der Waals surface area (Å²) in [7, 11) is 0. The Labute approximate surface area is 103 Å². The number of terminal acetylenes is 1. The Balaban J connectivity index is 2.97. The largest absolute Gasteiger partial charge is 0.417 e. The molecule has 0 radical (unpaired) electrons. The van der Waals surface area contributed by atoms with Gasteiger partial charge in [0.05, 0.1) is 11.1 Å². The first-order valence-electron chi connectivity index (χ1n) is 5.26. The second-order valence-corrected chi connectivity index (χ2v) is 3.83. The summed E-state index contributed by atoms with van der Waals surface area (Å²) in [5, 5.41) is 2.43. The van der Waals surface area contributed by atoms with E-state index in [0.29, 0.717) is 0 Å². The first kappa shape index (κ1) is 14.1. The third kappa shape index (κ3) is 3.52. The number of alkyl halides is 3. The van der Waals surface area contributed by atoms with Crippen LogP contribution in [0.25, 0.3) is 0 Å². The molecular formula is C13H12F3NO. The van der Waals surface area contributed by atoms with E-state index in [0.717, 1.165) is 12.1 Å².